The van der Waals surface area contributed by atoms with Gasteiger partial charge in [0.1, 0.15) is 0 Å². The molecule has 2 heterocycles. The van der Waals surface area contributed by atoms with Crippen molar-refractivity contribution in [3.63, 3.8) is 0 Å². The highest BCUT2D eigenvalue weighted by Gasteiger charge is 2.30. The monoisotopic (exact) mass is 389 g/mol. The molecule has 10 nitrogen and oxygen atoms in total. The molecule has 3 rings (SSSR count). The number of sulfonamides is 1. The fourth-order valence-corrected chi connectivity index (χ4v) is 3.89. The molecule has 0 bridgehead atoms. The number of hydrogen-bond acceptors (Lipinski definition) is 7. The number of nitrogens with zero attached hydrogens (tertiary/aromatic N) is 4. The molecule has 1 aromatic carbocycles. The van der Waals surface area contributed by atoms with Crippen LogP contribution >= 0.6 is 0 Å². The number of nitriles is 1. The Kier molecular flexibility index (Phi) is 5.50. The second-order valence-electron chi connectivity index (χ2n) is 6.12. The third kappa shape index (κ3) is 4.30. The van der Waals surface area contributed by atoms with Crippen LogP contribution in [0.3, 0.4) is 0 Å². The second-order valence-corrected chi connectivity index (χ2v) is 7.89. The molecule has 0 saturated carbocycles. The quantitative estimate of drug-likeness (QED) is 0.592. The van der Waals surface area contributed by atoms with Crippen LogP contribution in [0.25, 0.3) is 0 Å². The molecule has 1 saturated heterocycles. The number of aromatic nitrogens is 3. The van der Waals surface area contributed by atoms with E-state index in [4.69, 9.17) is 5.26 Å². The Morgan fingerprint density at radius 3 is 3.04 bits per heavy atom. The SMILES string of the molecule is CNC(=O)[C@@H]1C[C@@H](n2cc(CNS(=O)(=O)c3cccc(C#N)c3)nn2)CN1. The molecule has 1 aliphatic heterocycles. The topological polar surface area (TPSA) is 142 Å². The lowest BCUT2D eigenvalue weighted by atomic mass is 10.1. The highest BCUT2D eigenvalue weighted by atomic mass is 32.2. The molecule has 11 heteroatoms. The van der Waals surface area contributed by atoms with Crippen molar-refractivity contribution in [2.24, 2.45) is 0 Å². The molecule has 2 atom stereocenters. The molecule has 27 heavy (non-hydrogen) atoms. The van der Waals surface area contributed by atoms with Gasteiger partial charge in [-0.1, -0.05) is 11.3 Å². The van der Waals surface area contributed by atoms with E-state index in [0.29, 0.717) is 18.7 Å². The van der Waals surface area contributed by atoms with Crippen LogP contribution in [0.5, 0.6) is 0 Å². The molecule has 0 aliphatic carbocycles. The summed E-state index contributed by atoms with van der Waals surface area (Å²) in [6, 6.07) is 7.38. The minimum atomic E-state index is -3.77. The van der Waals surface area contributed by atoms with Crippen LogP contribution in [0.15, 0.2) is 35.4 Å². The lowest BCUT2D eigenvalue weighted by Crippen LogP contribution is -2.38. The summed E-state index contributed by atoms with van der Waals surface area (Å²) in [6.07, 6.45) is 2.24. The van der Waals surface area contributed by atoms with Gasteiger partial charge in [-0.3, -0.25) is 4.79 Å². The number of carbonyl (C=O) groups excluding carboxylic acids is 1. The molecule has 1 aliphatic rings. The van der Waals surface area contributed by atoms with E-state index in [1.54, 1.807) is 17.9 Å². The first kappa shape index (κ1) is 19.0. The fourth-order valence-electron chi connectivity index (χ4n) is 2.85. The Bertz CT molecular complexity index is 980. The zero-order chi connectivity index (χ0) is 19.4. The largest absolute Gasteiger partial charge is 0.358 e. The van der Waals surface area contributed by atoms with Gasteiger partial charge in [-0.15, -0.1) is 5.10 Å². The van der Waals surface area contributed by atoms with Crippen LogP contribution in [-0.4, -0.2) is 49.0 Å². The molecule has 1 amide bonds. The number of likely N-dealkylation sites (N-methyl/N-ethyl adjacent to an activating group) is 1. The number of carbonyl (C=O) groups is 1. The van der Waals surface area contributed by atoms with Crippen molar-refractivity contribution in [2.75, 3.05) is 13.6 Å². The summed E-state index contributed by atoms with van der Waals surface area (Å²) in [4.78, 5) is 11.7. The van der Waals surface area contributed by atoms with Gasteiger partial charge in [0.15, 0.2) is 0 Å². The van der Waals surface area contributed by atoms with Gasteiger partial charge in [0, 0.05) is 13.6 Å². The Hall–Kier alpha value is -2.81. The van der Waals surface area contributed by atoms with Gasteiger partial charge >= 0.3 is 0 Å². The zero-order valence-electron chi connectivity index (χ0n) is 14.6. The van der Waals surface area contributed by atoms with E-state index in [1.165, 1.54) is 24.3 Å². The molecule has 142 valence electrons. The predicted molar refractivity (Wildman–Crippen MR) is 94.7 cm³/mol. The highest BCUT2D eigenvalue weighted by molar-refractivity contribution is 7.89. The molecule has 0 unspecified atom stereocenters. The molecular weight excluding hydrogens is 370 g/mol. The third-order valence-corrected chi connectivity index (χ3v) is 5.72. The summed E-state index contributed by atoms with van der Waals surface area (Å²) in [5.41, 5.74) is 0.724. The Balaban J connectivity index is 1.63. The van der Waals surface area contributed by atoms with E-state index in [0.717, 1.165) is 0 Å². The molecule has 1 aromatic heterocycles. The van der Waals surface area contributed by atoms with Crippen molar-refractivity contribution in [1.29, 1.82) is 5.26 Å². The van der Waals surface area contributed by atoms with Crippen molar-refractivity contribution in [3.8, 4) is 6.07 Å². The number of amides is 1. The highest BCUT2D eigenvalue weighted by Crippen LogP contribution is 2.19. The standard InChI is InChI=1S/C16H19N7O3S/c1-18-16(24)15-6-13(9-19-15)23-10-12(21-22-23)8-20-27(25,26)14-4-2-3-11(5-14)7-17/h2-5,10,13,15,19-20H,6,8-9H2,1H3,(H,18,24)/t13-,15+/m1/s1. The number of nitrogens with one attached hydrogen (secondary N) is 3. The molecule has 0 radical (unpaired) electrons. The number of hydrogen-bond donors (Lipinski definition) is 3. The van der Waals surface area contributed by atoms with E-state index in [9.17, 15) is 13.2 Å². The van der Waals surface area contributed by atoms with Gasteiger partial charge < -0.3 is 10.6 Å². The summed E-state index contributed by atoms with van der Waals surface area (Å²) < 4.78 is 28.8. The first-order valence-corrected chi connectivity index (χ1v) is 9.77. The van der Waals surface area contributed by atoms with Crippen molar-refractivity contribution < 1.29 is 13.2 Å². The van der Waals surface area contributed by atoms with Crippen LogP contribution in [0, 0.1) is 11.3 Å². The lowest BCUT2D eigenvalue weighted by Gasteiger charge is -2.09. The number of rotatable bonds is 6. The van der Waals surface area contributed by atoms with Crippen molar-refractivity contribution in [1.82, 2.24) is 30.3 Å². The molecule has 1 fully saturated rings. The summed E-state index contributed by atoms with van der Waals surface area (Å²) >= 11 is 0. The maximum Gasteiger partial charge on any atom is 0.240 e. The minimum absolute atomic E-state index is 0.0161. The smallest absolute Gasteiger partial charge is 0.240 e. The van der Waals surface area contributed by atoms with Gasteiger partial charge in [-0.25, -0.2) is 17.8 Å². The Morgan fingerprint density at radius 2 is 2.30 bits per heavy atom. The van der Waals surface area contributed by atoms with Crippen LogP contribution in [0.2, 0.25) is 0 Å². The Labute approximate surface area is 156 Å². The van der Waals surface area contributed by atoms with Gasteiger partial charge in [-0.2, -0.15) is 5.26 Å². The van der Waals surface area contributed by atoms with Crippen molar-refractivity contribution >= 4 is 15.9 Å². The second kappa shape index (κ2) is 7.83. The van der Waals surface area contributed by atoms with E-state index in [1.807, 2.05) is 6.07 Å². The van der Waals surface area contributed by atoms with E-state index < -0.39 is 10.0 Å². The van der Waals surface area contributed by atoms with E-state index in [2.05, 4.69) is 25.7 Å². The van der Waals surface area contributed by atoms with Crippen molar-refractivity contribution in [3.05, 3.63) is 41.7 Å². The number of benzene rings is 1. The van der Waals surface area contributed by atoms with Gasteiger partial charge in [-0.05, 0) is 24.6 Å². The maximum absolute atomic E-state index is 12.4. The minimum Gasteiger partial charge on any atom is -0.358 e. The van der Waals surface area contributed by atoms with Crippen molar-refractivity contribution in [2.45, 2.75) is 29.9 Å². The van der Waals surface area contributed by atoms with Gasteiger partial charge in [0.05, 0.1) is 47.0 Å². The van der Waals surface area contributed by atoms with Gasteiger partial charge in [0.2, 0.25) is 15.9 Å². The lowest BCUT2D eigenvalue weighted by molar-refractivity contribution is -0.122. The van der Waals surface area contributed by atoms with Gasteiger partial charge in [0.25, 0.3) is 0 Å². The van der Waals surface area contributed by atoms with E-state index in [-0.39, 0.29) is 35.0 Å². The predicted octanol–water partition coefficient (Wildman–Crippen LogP) is -0.723. The maximum atomic E-state index is 12.4. The van der Waals surface area contributed by atoms with Crippen LogP contribution in [0.1, 0.15) is 23.7 Å². The average molecular weight is 389 g/mol. The Morgan fingerprint density at radius 1 is 1.48 bits per heavy atom. The summed E-state index contributed by atoms with van der Waals surface area (Å²) in [5.74, 6) is -0.0785. The first-order chi connectivity index (χ1) is 12.9. The zero-order valence-corrected chi connectivity index (χ0v) is 15.4. The first-order valence-electron chi connectivity index (χ1n) is 8.28. The van der Waals surface area contributed by atoms with Crippen LogP contribution < -0.4 is 15.4 Å². The molecular formula is C16H19N7O3S. The van der Waals surface area contributed by atoms with Crippen LogP contribution in [0.4, 0.5) is 0 Å². The summed E-state index contributed by atoms with van der Waals surface area (Å²) in [6.45, 7) is 0.547. The fraction of sp³-hybridized carbons (Fsp3) is 0.375. The van der Waals surface area contributed by atoms with E-state index >= 15 is 0 Å². The van der Waals surface area contributed by atoms with Crippen LogP contribution in [-0.2, 0) is 21.4 Å². The average Bonchev–Trinajstić information content (AvgIpc) is 3.35. The summed E-state index contributed by atoms with van der Waals surface area (Å²) in [5, 5.41) is 22.6. The third-order valence-electron chi connectivity index (χ3n) is 4.32. The molecule has 0 spiro atoms. The molecule has 3 N–H and O–H groups in total. The molecule has 2 aromatic rings. The summed E-state index contributed by atoms with van der Waals surface area (Å²) in [7, 11) is -2.18. The normalized spacial score (nSPS) is 19.6.